The topological polar surface area (TPSA) is 59.1 Å². The molecule has 0 saturated carbocycles. The lowest BCUT2D eigenvalue weighted by Gasteiger charge is -2.39. The second-order valence-electron chi connectivity index (χ2n) is 9.28. The Morgan fingerprint density at radius 1 is 1.10 bits per heavy atom. The predicted octanol–water partition coefficient (Wildman–Crippen LogP) is 0.962. The van der Waals surface area contributed by atoms with E-state index in [-0.39, 0.29) is 17.9 Å². The number of amides is 2. The number of piperidine rings is 1. The summed E-state index contributed by atoms with van der Waals surface area (Å²) < 4.78 is 0. The summed E-state index contributed by atoms with van der Waals surface area (Å²) in [7, 11) is 6.12. The van der Waals surface area contributed by atoms with Gasteiger partial charge in [-0.15, -0.1) is 0 Å². The fraction of sp³-hybridized carbons (Fsp3) is 0.652. The number of nitrogens with zero attached hydrogens (tertiary/aromatic N) is 4. The minimum atomic E-state index is -0.0435. The Balaban J connectivity index is 1.59. The SMILES string of the molecule is CC1CC(NC(=O)c2ccccc2CN(C)C)CN(C(=O)CN2CCN(C)CC2)C1. The molecule has 166 valence electrons. The monoisotopic (exact) mass is 415 g/mol. The molecule has 0 bridgehead atoms. The molecular formula is C23H37N5O2. The van der Waals surface area contributed by atoms with Gasteiger partial charge in [-0.25, -0.2) is 0 Å². The van der Waals surface area contributed by atoms with Crippen molar-refractivity contribution >= 4 is 11.8 Å². The number of rotatable bonds is 6. The van der Waals surface area contributed by atoms with Crippen molar-refractivity contribution in [1.29, 1.82) is 0 Å². The minimum absolute atomic E-state index is 0.00917. The molecule has 2 atom stereocenters. The molecular weight excluding hydrogens is 378 g/mol. The fourth-order valence-corrected chi connectivity index (χ4v) is 4.44. The van der Waals surface area contributed by atoms with E-state index >= 15 is 0 Å². The van der Waals surface area contributed by atoms with Crippen molar-refractivity contribution < 1.29 is 9.59 Å². The Hall–Kier alpha value is -1.96. The number of likely N-dealkylation sites (N-methyl/N-ethyl adjacent to an activating group) is 1. The second-order valence-corrected chi connectivity index (χ2v) is 9.28. The van der Waals surface area contributed by atoms with E-state index in [1.807, 2.05) is 43.3 Å². The number of carbonyl (C=O) groups excluding carboxylic acids is 2. The molecule has 2 fully saturated rings. The fourth-order valence-electron chi connectivity index (χ4n) is 4.44. The molecule has 30 heavy (non-hydrogen) atoms. The van der Waals surface area contributed by atoms with Gasteiger partial charge in [0.2, 0.25) is 5.91 Å². The van der Waals surface area contributed by atoms with Crippen LogP contribution in [0.4, 0.5) is 0 Å². The van der Waals surface area contributed by atoms with Gasteiger partial charge in [-0.2, -0.15) is 0 Å². The zero-order valence-electron chi connectivity index (χ0n) is 18.9. The summed E-state index contributed by atoms with van der Waals surface area (Å²) in [5.41, 5.74) is 1.74. The number of hydrogen-bond donors (Lipinski definition) is 1. The van der Waals surface area contributed by atoms with Gasteiger partial charge in [0.15, 0.2) is 0 Å². The molecule has 2 unspecified atom stereocenters. The molecule has 2 saturated heterocycles. The van der Waals surface area contributed by atoms with E-state index < -0.39 is 0 Å². The standard InChI is InChI=1S/C23H37N5O2/c1-18-13-20(24-23(30)21-8-6-5-7-19(21)15-25(2)3)16-28(14-18)22(29)17-27-11-9-26(4)10-12-27/h5-8,18,20H,9-17H2,1-4H3,(H,24,30). The maximum absolute atomic E-state index is 13.0. The average molecular weight is 416 g/mol. The lowest BCUT2D eigenvalue weighted by Crippen LogP contribution is -2.55. The summed E-state index contributed by atoms with van der Waals surface area (Å²) in [4.78, 5) is 34.5. The third-order valence-electron chi connectivity index (χ3n) is 6.05. The molecule has 7 heteroatoms. The lowest BCUT2D eigenvalue weighted by molar-refractivity contribution is -0.135. The van der Waals surface area contributed by atoms with Crippen LogP contribution >= 0.6 is 0 Å². The summed E-state index contributed by atoms with van der Waals surface area (Å²) in [5, 5.41) is 3.20. The van der Waals surface area contributed by atoms with E-state index in [1.165, 1.54) is 0 Å². The van der Waals surface area contributed by atoms with Crippen molar-refractivity contribution in [2.75, 3.05) is 67.0 Å². The van der Waals surface area contributed by atoms with Crippen LogP contribution in [0.1, 0.15) is 29.3 Å². The molecule has 0 aromatic heterocycles. The predicted molar refractivity (Wildman–Crippen MR) is 119 cm³/mol. The summed E-state index contributed by atoms with van der Waals surface area (Å²) in [6.45, 7) is 8.63. The second kappa shape index (κ2) is 10.4. The highest BCUT2D eigenvalue weighted by atomic mass is 16.2. The van der Waals surface area contributed by atoms with Crippen molar-refractivity contribution in [2.45, 2.75) is 25.9 Å². The van der Waals surface area contributed by atoms with Crippen LogP contribution in [0.15, 0.2) is 24.3 Å². The molecule has 1 aromatic carbocycles. The quantitative estimate of drug-likeness (QED) is 0.750. The normalized spacial score (nSPS) is 23.6. The first-order valence-corrected chi connectivity index (χ1v) is 11.0. The summed E-state index contributed by atoms with van der Waals surface area (Å²) in [5.74, 6) is 0.508. The summed E-state index contributed by atoms with van der Waals surface area (Å²) >= 11 is 0. The van der Waals surface area contributed by atoms with Crippen LogP contribution in [0.3, 0.4) is 0 Å². The average Bonchev–Trinajstić information content (AvgIpc) is 2.69. The van der Waals surface area contributed by atoms with Gasteiger partial charge in [0.25, 0.3) is 5.91 Å². The molecule has 1 N–H and O–H groups in total. The Morgan fingerprint density at radius 2 is 1.80 bits per heavy atom. The number of carbonyl (C=O) groups is 2. The summed E-state index contributed by atoms with van der Waals surface area (Å²) in [6, 6.07) is 7.76. The lowest BCUT2D eigenvalue weighted by atomic mass is 9.95. The van der Waals surface area contributed by atoms with Gasteiger partial charge in [-0.05, 0) is 45.1 Å². The highest BCUT2D eigenvalue weighted by molar-refractivity contribution is 5.96. The van der Waals surface area contributed by atoms with E-state index in [2.05, 4.69) is 34.0 Å². The van der Waals surface area contributed by atoms with Crippen LogP contribution in [0.5, 0.6) is 0 Å². The molecule has 2 heterocycles. The molecule has 2 amide bonds. The third-order valence-corrected chi connectivity index (χ3v) is 6.05. The van der Waals surface area contributed by atoms with Gasteiger partial charge in [-0.1, -0.05) is 25.1 Å². The molecule has 1 aromatic rings. The van der Waals surface area contributed by atoms with Crippen LogP contribution < -0.4 is 5.32 Å². The van der Waals surface area contributed by atoms with Crippen LogP contribution in [-0.4, -0.2) is 104 Å². The zero-order valence-corrected chi connectivity index (χ0v) is 18.9. The van der Waals surface area contributed by atoms with E-state index in [0.29, 0.717) is 19.0 Å². The van der Waals surface area contributed by atoms with Crippen LogP contribution in [-0.2, 0) is 11.3 Å². The zero-order chi connectivity index (χ0) is 21.7. The van der Waals surface area contributed by atoms with Crippen molar-refractivity contribution in [3.63, 3.8) is 0 Å². The number of benzene rings is 1. The summed E-state index contributed by atoms with van der Waals surface area (Å²) in [6.07, 6.45) is 0.903. The first kappa shape index (κ1) is 22.7. The molecule has 0 aliphatic carbocycles. The van der Waals surface area contributed by atoms with Gasteiger partial charge in [0.05, 0.1) is 6.54 Å². The molecule has 7 nitrogen and oxygen atoms in total. The molecule has 3 rings (SSSR count). The number of likely N-dealkylation sites (tertiary alicyclic amines) is 1. The number of hydrogen-bond acceptors (Lipinski definition) is 5. The Kier molecular flexibility index (Phi) is 7.86. The van der Waals surface area contributed by atoms with E-state index in [9.17, 15) is 9.59 Å². The number of piperazine rings is 1. The Labute approximate surface area is 181 Å². The minimum Gasteiger partial charge on any atom is -0.348 e. The Morgan fingerprint density at radius 3 is 2.50 bits per heavy atom. The van der Waals surface area contributed by atoms with Gasteiger partial charge in [0.1, 0.15) is 0 Å². The van der Waals surface area contributed by atoms with Crippen LogP contribution in [0.2, 0.25) is 0 Å². The van der Waals surface area contributed by atoms with Gasteiger partial charge in [0, 0.05) is 57.4 Å². The van der Waals surface area contributed by atoms with Crippen molar-refractivity contribution in [1.82, 2.24) is 24.9 Å². The Bertz CT molecular complexity index is 730. The van der Waals surface area contributed by atoms with E-state index in [1.54, 1.807) is 0 Å². The maximum atomic E-state index is 13.0. The first-order chi connectivity index (χ1) is 14.3. The highest BCUT2D eigenvalue weighted by Gasteiger charge is 2.30. The largest absolute Gasteiger partial charge is 0.348 e. The number of nitrogens with one attached hydrogen (secondary N) is 1. The van der Waals surface area contributed by atoms with Crippen LogP contribution in [0.25, 0.3) is 0 Å². The van der Waals surface area contributed by atoms with Crippen molar-refractivity contribution in [3.05, 3.63) is 35.4 Å². The van der Waals surface area contributed by atoms with Crippen molar-refractivity contribution in [2.24, 2.45) is 5.92 Å². The maximum Gasteiger partial charge on any atom is 0.251 e. The van der Waals surface area contributed by atoms with E-state index in [0.717, 1.165) is 56.8 Å². The molecule has 0 spiro atoms. The smallest absolute Gasteiger partial charge is 0.251 e. The third kappa shape index (κ3) is 6.27. The van der Waals surface area contributed by atoms with Crippen LogP contribution in [0, 0.1) is 5.92 Å². The van der Waals surface area contributed by atoms with Gasteiger partial charge < -0.3 is 20.0 Å². The molecule has 0 radical (unpaired) electrons. The van der Waals surface area contributed by atoms with Crippen molar-refractivity contribution in [3.8, 4) is 0 Å². The molecule has 2 aliphatic heterocycles. The van der Waals surface area contributed by atoms with Gasteiger partial charge in [-0.3, -0.25) is 14.5 Å². The molecule has 2 aliphatic rings. The highest BCUT2D eigenvalue weighted by Crippen LogP contribution is 2.18. The van der Waals surface area contributed by atoms with E-state index in [4.69, 9.17) is 0 Å². The first-order valence-electron chi connectivity index (χ1n) is 11.0. The van der Waals surface area contributed by atoms with Gasteiger partial charge >= 0.3 is 0 Å².